The highest BCUT2D eigenvalue weighted by molar-refractivity contribution is 5.79. The van der Waals surface area contributed by atoms with E-state index in [-0.39, 0.29) is 5.54 Å². The van der Waals surface area contributed by atoms with Gasteiger partial charge < -0.3 is 5.73 Å². The van der Waals surface area contributed by atoms with Gasteiger partial charge in [0, 0.05) is 17.1 Å². The summed E-state index contributed by atoms with van der Waals surface area (Å²) in [6.45, 7) is 0. The van der Waals surface area contributed by atoms with Gasteiger partial charge in [0.05, 0.1) is 5.52 Å². The minimum absolute atomic E-state index is 0.100. The number of benzene rings is 1. The molecule has 0 amide bonds. The topological polar surface area (TPSA) is 38.9 Å². The number of rotatable bonds is 1. The number of nitrogens with two attached hydrogens (primary N) is 1. The Labute approximate surface area is 89.1 Å². The molecule has 15 heavy (non-hydrogen) atoms. The molecule has 3 rings (SSSR count). The molecule has 0 unspecified atom stereocenters. The molecule has 1 aliphatic carbocycles. The molecule has 76 valence electrons. The van der Waals surface area contributed by atoms with Crippen molar-refractivity contribution in [1.29, 1.82) is 0 Å². The van der Waals surface area contributed by atoms with E-state index < -0.39 is 0 Å². The van der Waals surface area contributed by atoms with Crippen molar-refractivity contribution in [3.8, 4) is 0 Å². The fourth-order valence-electron chi connectivity index (χ4n) is 2.19. The van der Waals surface area contributed by atoms with Crippen molar-refractivity contribution in [1.82, 2.24) is 4.98 Å². The highest BCUT2D eigenvalue weighted by Gasteiger charge is 2.34. The van der Waals surface area contributed by atoms with Gasteiger partial charge in [-0.05, 0) is 37.0 Å². The van der Waals surface area contributed by atoms with Gasteiger partial charge in [0.15, 0.2) is 0 Å². The molecule has 1 aromatic carbocycles. The zero-order chi connectivity index (χ0) is 10.3. The molecule has 1 aliphatic rings. The van der Waals surface area contributed by atoms with Crippen LogP contribution in [-0.4, -0.2) is 4.98 Å². The summed E-state index contributed by atoms with van der Waals surface area (Å²) in [4.78, 5) is 4.45. The SMILES string of the molecule is NC1(c2cnc3ccccc3c2)CCC1. The number of hydrogen-bond donors (Lipinski definition) is 1. The summed E-state index contributed by atoms with van der Waals surface area (Å²) in [5, 5.41) is 1.19. The summed E-state index contributed by atoms with van der Waals surface area (Å²) in [6.07, 6.45) is 5.35. The van der Waals surface area contributed by atoms with E-state index in [4.69, 9.17) is 5.73 Å². The first-order valence-corrected chi connectivity index (χ1v) is 5.42. The predicted molar refractivity (Wildman–Crippen MR) is 61.5 cm³/mol. The first-order chi connectivity index (χ1) is 7.28. The molecule has 1 aromatic heterocycles. The summed E-state index contributed by atoms with van der Waals surface area (Å²) in [5.41, 5.74) is 8.41. The first-order valence-electron chi connectivity index (χ1n) is 5.42. The van der Waals surface area contributed by atoms with E-state index in [1.165, 1.54) is 17.4 Å². The summed E-state index contributed by atoms with van der Waals surface area (Å²) < 4.78 is 0. The van der Waals surface area contributed by atoms with Gasteiger partial charge in [-0.2, -0.15) is 0 Å². The van der Waals surface area contributed by atoms with E-state index in [1.807, 2.05) is 24.4 Å². The zero-order valence-corrected chi connectivity index (χ0v) is 8.61. The van der Waals surface area contributed by atoms with Gasteiger partial charge in [-0.25, -0.2) is 0 Å². The Bertz CT molecular complexity index is 501. The smallest absolute Gasteiger partial charge is 0.0702 e. The van der Waals surface area contributed by atoms with Crippen LogP contribution in [0.25, 0.3) is 10.9 Å². The van der Waals surface area contributed by atoms with Crippen LogP contribution in [0.4, 0.5) is 0 Å². The Balaban J connectivity index is 2.14. The van der Waals surface area contributed by atoms with Gasteiger partial charge in [0.2, 0.25) is 0 Å². The van der Waals surface area contributed by atoms with Crippen LogP contribution in [0, 0.1) is 0 Å². The van der Waals surface area contributed by atoms with Crippen molar-refractivity contribution in [2.45, 2.75) is 24.8 Å². The Morgan fingerprint density at radius 1 is 1.20 bits per heavy atom. The van der Waals surface area contributed by atoms with Gasteiger partial charge in [-0.3, -0.25) is 4.98 Å². The van der Waals surface area contributed by atoms with E-state index in [2.05, 4.69) is 17.1 Å². The van der Waals surface area contributed by atoms with Gasteiger partial charge in [0.25, 0.3) is 0 Å². The Morgan fingerprint density at radius 2 is 2.00 bits per heavy atom. The lowest BCUT2D eigenvalue weighted by atomic mass is 9.73. The third-order valence-electron chi connectivity index (χ3n) is 3.41. The molecule has 1 saturated carbocycles. The van der Waals surface area contributed by atoms with E-state index in [1.54, 1.807) is 0 Å². The fourth-order valence-corrected chi connectivity index (χ4v) is 2.19. The van der Waals surface area contributed by atoms with Crippen molar-refractivity contribution in [3.63, 3.8) is 0 Å². The van der Waals surface area contributed by atoms with Crippen molar-refractivity contribution in [2.24, 2.45) is 5.73 Å². The molecule has 1 fully saturated rings. The molecule has 2 aromatic rings. The molecule has 0 radical (unpaired) electrons. The highest BCUT2D eigenvalue weighted by atomic mass is 14.8. The molecule has 2 heteroatoms. The molecule has 1 heterocycles. The Morgan fingerprint density at radius 3 is 2.73 bits per heavy atom. The summed E-state index contributed by atoms with van der Waals surface area (Å²) in [6, 6.07) is 10.4. The monoisotopic (exact) mass is 198 g/mol. The predicted octanol–water partition coefficient (Wildman–Crippen LogP) is 2.57. The largest absolute Gasteiger partial charge is 0.321 e. The van der Waals surface area contributed by atoms with E-state index >= 15 is 0 Å². The van der Waals surface area contributed by atoms with Crippen LogP contribution in [0.1, 0.15) is 24.8 Å². The molecule has 2 N–H and O–H groups in total. The number of hydrogen-bond acceptors (Lipinski definition) is 2. The molecule has 0 aliphatic heterocycles. The van der Waals surface area contributed by atoms with Gasteiger partial charge >= 0.3 is 0 Å². The molecule has 0 spiro atoms. The first kappa shape index (κ1) is 8.86. The summed E-state index contributed by atoms with van der Waals surface area (Å²) in [7, 11) is 0. The van der Waals surface area contributed by atoms with Crippen LogP contribution >= 0.6 is 0 Å². The number of pyridine rings is 1. The van der Waals surface area contributed by atoms with Crippen molar-refractivity contribution >= 4 is 10.9 Å². The maximum absolute atomic E-state index is 6.28. The minimum atomic E-state index is -0.100. The van der Waals surface area contributed by atoms with Crippen LogP contribution in [0.15, 0.2) is 36.5 Å². The van der Waals surface area contributed by atoms with Gasteiger partial charge in [-0.1, -0.05) is 18.2 Å². The van der Waals surface area contributed by atoms with Crippen LogP contribution in [0.2, 0.25) is 0 Å². The normalized spacial score (nSPS) is 18.7. The maximum Gasteiger partial charge on any atom is 0.0702 e. The lowest BCUT2D eigenvalue weighted by molar-refractivity contribution is 0.253. The lowest BCUT2D eigenvalue weighted by Gasteiger charge is -2.38. The van der Waals surface area contributed by atoms with Crippen LogP contribution in [0.5, 0.6) is 0 Å². The van der Waals surface area contributed by atoms with Crippen molar-refractivity contribution in [2.75, 3.05) is 0 Å². The van der Waals surface area contributed by atoms with Crippen LogP contribution < -0.4 is 5.73 Å². The number of fused-ring (bicyclic) bond motifs is 1. The Hall–Kier alpha value is -1.41. The number of nitrogens with zero attached hydrogens (tertiary/aromatic N) is 1. The van der Waals surface area contributed by atoms with Gasteiger partial charge in [0.1, 0.15) is 0 Å². The lowest BCUT2D eigenvalue weighted by Crippen LogP contribution is -2.43. The second-order valence-corrected chi connectivity index (χ2v) is 4.43. The molecule has 0 bridgehead atoms. The fraction of sp³-hybridized carbons (Fsp3) is 0.308. The van der Waals surface area contributed by atoms with Crippen molar-refractivity contribution in [3.05, 3.63) is 42.1 Å². The average Bonchev–Trinajstić information content (AvgIpc) is 2.25. The van der Waals surface area contributed by atoms with Gasteiger partial charge in [-0.15, -0.1) is 0 Å². The quantitative estimate of drug-likeness (QED) is 0.764. The molecule has 2 nitrogen and oxygen atoms in total. The van der Waals surface area contributed by atoms with E-state index in [9.17, 15) is 0 Å². The zero-order valence-electron chi connectivity index (χ0n) is 8.61. The maximum atomic E-state index is 6.28. The molecule has 0 saturated heterocycles. The second kappa shape index (κ2) is 3.04. The summed E-state index contributed by atoms with van der Waals surface area (Å²) in [5.74, 6) is 0. The number of aromatic nitrogens is 1. The van der Waals surface area contributed by atoms with E-state index in [0.717, 1.165) is 18.4 Å². The third kappa shape index (κ3) is 1.33. The molecular formula is C13H14N2. The highest BCUT2D eigenvalue weighted by Crippen LogP contribution is 2.38. The average molecular weight is 198 g/mol. The summed E-state index contributed by atoms with van der Waals surface area (Å²) >= 11 is 0. The number of para-hydroxylation sites is 1. The van der Waals surface area contributed by atoms with Crippen LogP contribution in [-0.2, 0) is 5.54 Å². The van der Waals surface area contributed by atoms with Crippen LogP contribution in [0.3, 0.4) is 0 Å². The molecule has 0 atom stereocenters. The second-order valence-electron chi connectivity index (χ2n) is 4.43. The standard InChI is InChI=1S/C13H14N2/c14-13(6-3-7-13)11-8-10-4-1-2-5-12(10)15-9-11/h1-2,4-5,8-9H,3,6-7,14H2. The third-order valence-corrected chi connectivity index (χ3v) is 3.41. The van der Waals surface area contributed by atoms with E-state index in [0.29, 0.717) is 0 Å². The minimum Gasteiger partial charge on any atom is -0.321 e. The Kier molecular flexibility index (Phi) is 1.80. The molecular weight excluding hydrogens is 184 g/mol. The van der Waals surface area contributed by atoms with Crippen molar-refractivity contribution < 1.29 is 0 Å².